The van der Waals surface area contributed by atoms with Gasteiger partial charge in [-0.05, 0) is 68.0 Å². The topological polar surface area (TPSA) is 78.3 Å². The number of aromatic nitrogens is 3. The highest BCUT2D eigenvalue weighted by Crippen LogP contribution is 2.38. The van der Waals surface area contributed by atoms with E-state index in [9.17, 15) is 9.18 Å². The highest BCUT2D eigenvalue weighted by Gasteiger charge is 2.36. The molecular weight excluding hydrogens is 587 g/mol. The summed E-state index contributed by atoms with van der Waals surface area (Å²) in [6.45, 7) is 1.86. The molecule has 1 atom stereocenters. The molecule has 6 rings (SSSR count). The summed E-state index contributed by atoms with van der Waals surface area (Å²) in [6.07, 6.45) is 4.96. The number of anilines is 1. The molecule has 2 heterocycles. The first-order chi connectivity index (χ1) is 21.0. The van der Waals surface area contributed by atoms with Gasteiger partial charge in [0.15, 0.2) is 0 Å². The molecule has 1 unspecified atom stereocenters. The zero-order valence-electron chi connectivity index (χ0n) is 23.8. The van der Waals surface area contributed by atoms with E-state index in [2.05, 4.69) is 17.4 Å². The summed E-state index contributed by atoms with van der Waals surface area (Å²) >= 11 is 7.70. The first kappa shape index (κ1) is 29.3. The highest BCUT2D eigenvalue weighted by atomic mass is 35.5. The number of hydrogen-bond donors (Lipinski definition) is 1. The van der Waals surface area contributed by atoms with Crippen molar-refractivity contribution in [3.8, 4) is 5.75 Å². The van der Waals surface area contributed by atoms with E-state index in [1.165, 1.54) is 29.8 Å². The number of rotatable bonds is 9. The monoisotopic (exact) mass is 618 g/mol. The number of halogens is 2. The van der Waals surface area contributed by atoms with Crippen molar-refractivity contribution < 1.29 is 18.7 Å². The molecule has 2 aliphatic rings. The SMILES string of the molecule is CC1=C(C(=O)OC2CCCCC2)C(c2ccc(OCc3c(F)cccc3Cl)cc2)n2nc(SCc3ccccc3)nc2N1. The van der Waals surface area contributed by atoms with Gasteiger partial charge in [-0.3, -0.25) is 0 Å². The number of thioether (sulfide) groups is 1. The molecule has 43 heavy (non-hydrogen) atoms. The predicted octanol–water partition coefficient (Wildman–Crippen LogP) is 8.11. The van der Waals surface area contributed by atoms with Crippen molar-refractivity contribution in [1.29, 1.82) is 0 Å². The van der Waals surface area contributed by atoms with Crippen molar-refractivity contribution in [1.82, 2.24) is 14.8 Å². The summed E-state index contributed by atoms with van der Waals surface area (Å²) in [4.78, 5) is 18.5. The van der Waals surface area contributed by atoms with E-state index in [0.29, 0.717) is 38.7 Å². The number of benzene rings is 3. The van der Waals surface area contributed by atoms with Crippen LogP contribution in [0.3, 0.4) is 0 Å². The van der Waals surface area contributed by atoms with E-state index in [0.717, 1.165) is 37.0 Å². The highest BCUT2D eigenvalue weighted by molar-refractivity contribution is 7.98. The van der Waals surface area contributed by atoms with Crippen molar-refractivity contribution >= 4 is 35.3 Å². The number of allylic oxidation sites excluding steroid dienone is 1. The lowest BCUT2D eigenvalue weighted by Gasteiger charge is -2.30. The summed E-state index contributed by atoms with van der Waals surface area (Å²) in [6, 6.07) is 21.5. The molecule has 4 aromatic rings. The van der Waals surface area contributed by atoms with E-state index in [4.69, 9.17) is 31.2 Å². The Morgan fingerprint density at radius 1 is 1.05 bits per heavy atom. The second-order valence-corrected chi connectivity index (χ2v) is 12.1. The molecule has 0 bridgehead atoms. The smallest absolute Gasteiger partial charge is 0.338 e. The Labute approximate surface area is 259 Å². The fraction of sp³-hybridized carbons (Fsp3) is 0.303. The molecule has 7 nitrogen and oxygen atoms in total. The second-order valence-electron chi connectivity index (χ2n) is 10.7. The third-order valence-electron chi connectivity index (χ3n) is 7.73. The molecule has 0 spiro atoms. The number of esters is 1. The predicted molar refractivity (Wildman–Crippen MR) is 166 cm³/mol. The normalized spacial score (nSPS) is 16.9. The van der Waals surface area contributed by atoms with Gasteiger partial charge in [-0.2, -0.15) is 4.98 Å². The second kappa shape index (κ2) is 13.2. The molecule has 222 valence electrons. The lowest BCUT2D eigenvalue weighted by molar-refractivity contribution is -0.146. The van der Waals surface area contributed by atoms with E-state index in [-0.39, 0.29) is 18.7 Å². The molecule has 3 aromatic carbocycles. The standard InChI is InChI=1S/C33H32ClFN4O3S/c1-21-29(31(40)42-25-11-6-3-7-12-25)30(39-32(36-21)37-33(38-39)43-20-22-9-4-2-5-10-22)23-15-17-24(18-16-23)41-19-26-27(34)13-8-14-28(26)35/h2,4-5,8-10,13-18,25,30H,3,6-7,11-12,19-20H2,1H3,(H,36,37,38). The average Bonchev–Trinajstić information content (AvgIpc) is 3.43. The maximum Gasteiger partial charge on any atom is 0.338 e. The molecule has 10 heteroatoms. The molecule has 1 N–H and O–H groups in total. The van der Waals surface area contributed by atoms with Crippen molar-refractivity contribution in [3.05, 3.63) is 112 Å². The summed E-state index contributed by atoms with van der Waals surface area (Å²) < 4.78 is 27.9. The van der Waals surface area contributed by atoms with Gasteiger partial charge in [-0.25, -0.2) is 13.9 Å². The summed E-state index contributed by atoms with van der Waals surface area (Å²) in [5.41, 5.74) is 3.46. The number of carbonyl (C=O) groups excluding carboxylic acids is 1. The van der Waals surface area contributed by atoms with Crippen LogP contribution in [-0.2, 0) is 21.9 Å². The van der Waals surface area contributed by atoms with Gasteiger partial charge in [-0.15, -0.1) is 5.10 Å². The molecule has 1 saturated carbocycles. The Bertz CT molecular complexity index is 1600. The van der Waals surface area contributed by atoms with Crippen molar-refractivity contribution in [2.45, 2.75) is 68.7 Å². The number of nitrogens with zero attached hydrogens (tertiary/aromatic N) is 3. The van der Waals surface area contributed by atoms with Crippen LogP contribution in [0.15, 0.2) is 89.2 Å². The van der Waals surface area contributed by atoms with E-state index in [1.54, 1.807) is 28.9 Å². The minimum Gasteiger partial charge on any atom is -0.489 e. The van der Waals surface area contributed by atoms with Gasteiger partial charge in [-0.1, -0.05) is 78.3 Å². The first-order valence-corrected chi connectivity index (χ1v) is 15.8. The number of carbonyl (C=O) groups is 1. The molecule has 1 fully saturated rings. The van der Waals surface area contributed by atoms with Crippen LogP contribution in [0.1, 0.15) is 61.8 Å². The zero-order chi connectivity index (χ0) is 29.8. The third kappa shape index (κ3) is 6.73. The van der Waals surface area contributed by atoms with Crippen molar-refractivity contribution in [2.24, 2.45) is 0 Å². The molecule has 1 aliphatic carbocycles. The molecule has 0 radical (unpaired) electrons. The fourth-order valence-corrected chi connectivity index (χ4v) is 6.46. The maximum atomic E-state index is 14.2. The summed E-state index contributed by atoms with van der Waals surface area (Å²) in [5.74, 6) is 1.05. The summed E-state index contributed by atoms with van der Waals surface area (Å²) in [7, 11) is 0. The van der Waals surface area contributed by atoms with Gasteiger partial charge < -0.3 is 14.8 Å². The first-order valence-electron chi connectivity index (χ1n) is 14.4. The van der Waals surface area contributed by atoms with Gasteiger partial charge in [0.2, 0.25) is 11.1 Å². The maximum absolute atomic E-state index is 14.2. The van der Waals surface area contributed by atoms with Gasteiger partial charge in [0.05, 0.1) is 10.6 Å². The largest absolute Gasteiger partial charge is 0.489 e. The quantitative estimate of drug-likeness (QED) is 0.150. The molecule has 1 aromatic heterocycles. The van der Waals surface area contributed by atoms with Crippen LogP contribution < -0.4 is 10.1 Å². The van der Waals surface area contributed by atoms with Crippen LogP contribution in [0.25, 0.3) is 0 Å². The number of hydrogen-bond acceptors (Lipinski definition) is 7. The lowest BCUT2D eigenvalue weighted by atomic mass is 9.95. The van der Waals surface area contributed by atoms with E-state index in [1.807, 2.05) is 37.3 Å². The van der Waals surface area contributed by atoms with Gasteiger partial charge >= 0.3 is 5.97 Å². The Balaban J connectivity index is 1.27. The van der Waals surface area contributed by atoms with Crippen molar-refractivity contribution in [3.63, 3.8) is 0 Å². The van der Waals surface area contributed by atoms with E-state index < -0.39 is 11.9 Å². The molecular formula is C33H32ClFN4O3S. The van der Waals surface area contributed by atoms with Crippen molar-refractivity contribution in [2.75, 3.05) is 5.32 Å². The molecule has 0 saturated heterocycles. The Kier molecular flexibility index (Phi) is 9.00. The van der Waals surface area contributed by atoms with Crippen LogP contribution in [0, 0.1) is 5.82 Å². The number of ether oxygens (including phenoxy) is 2. The number of nitrogens with one attached hydrogen (secondary N) is 1. The Hall–Kier alpha value is -3.82. The minimum atomic E-state index is -0.555. The van der Waals surface area contributed by atoms with E-state index >= 15 is 0 Å². The fourth-order valence-electron chi connectivity index (χ4n) is 5.46. The van der Waals surface area contributed by atoms with Crippen LogP contribution >= 0.6 is 23.4 Å². The Morgan fingerprint density at radius 2 is 1.81 bits per heavy atom. The lowest BCUT2D eigenvalue weighted by Crippen LogP contribution is -2.32. The molecule has 1 aliphatic heterocycles. The van der Waals surface area contributed by atoms with Gasteiger partial charge in [0.25, 0.3) is 0 Å². The summed E-state index contributed by atoms with van der Waals surface area (Å²) in [5, 5.41) is 9.04. The van der Waals surface area contributed by atoms with Crippen LogP contribution in [0.5, 0.6) is 5.75 Å². The number of fused-ring (bicyclic) bond motifs is 1. The average molecular weight is 619 g/mol. The molecule has 0 amide bonds. The van der Waals surface area contributed by atoms with Crippen LogP contribution in [0.4, 0.5) is 10.3 Å². The van der Waals surface area contributed by atoms with Gasteiger partial charge in [0, 0.05) is 17.0 Å². The zero-order valence-corrected chi connectivity index (χ0v) is 25.3. The third-order valence-corrected chi connectivity index (χ3v) is 8.99. The van der Waals surface area contributed by atoms with Crippen LogP contribution in [-0.4, -0.2) is 26.8 Å². The minimum absolute atomic E-state index is 0.00853. The Morgan fingerprint density at radius 3 is 2.56 bits per heavy atom. The van der Waals surface area contributed by atoms with Crippen LogP contribution in [0.2, 0.25) is 5.02 Å². The van der Waals surface area contributed by atoms with Gasteiger partial charge in [0.1, 0.15) is 30.3 Å².